The van der Waals surface area contributed by atoms with Gasteiger partial charge in [0, 0.05) is 37.3 Å². The maximum atomic E-state index is 13.0. The van der Waals surface area contributed by atoms with Crippen molar-refractivity contribution in [2.24, 2.45) is 0 Å². The van der Waals surface area contributed by atoms with Gasteiger partial charge in [-0.25, -0.2) is 13.6 Å². The van der Waals surface area contributed by atoms with Gasteiger partial charge >= 0.3 is 6.03 Å². The van der Waals surface area contributed by atoms with E-state index in [0.717, 1.165) is 6.07 Å². The molecule has 0 unspecified atom stereocenters. The first-order valence-electron chi connectivity index (χ1n) is 7.69. The predicted molar refractivity (Wildman–Crippen MR) is 101 cm³/mol. The number of nitrogens with one attached hydrogen (secondary N) is 1. The van der Waals surface area contributed by atoms with Crippen LogP contribution in [-0.2, 0) is 0 Å². The molecule has 9 heteroatoms. The number of aromatic nitrogens is 1. The predicted octanol–water partition coefficient (Wildman–Crippen LogP) is 5.61. The molecule has 0 fully saturated rings. The Labute approximate surface area is 165 Å². The first kappa shape index (κ1) is 20.7. The molecule has 1 aromatic heterocycles. The van der Waals surface area contributed by atoms with Gasteiger partial charge in [0.05, 0.1) is 5.02 Å². The maximum absolute atomic E-state index is 13.0. The van der Waals surface area contributed by atoms with Crippen molar-refractivity contribution < 1.29 is 18.3 Å². The third-order valence-corrected chi connectivity index (χ3v) is 4.19. The monoisotopic (exact) mass is 413 g/mol. The SMILES string of the molecule is C#CCCN(C)C(=O)Nc1ccc(Oc2cc(C(F)F)c(Cl)c(Cl)n2)cc1. The summed E-state index contributed by atoms with van der Waals surface area (Å²) in [5.41, 5.74) is 0.0563. The van der Waals surface area contributed by atoms with E-state index >= 15 is 0 Å². The second kappa shape index (κ2) is 9.40. The van der Waals surface area contributed by atoms with Gasteiger partial charge in [0.15, 0.2) is 5.15 Å². The van der Waals surface area contributed by atoms with Crippen LogP contribution in [-0.4, -0.2) is 29.5 Å². The summed E-state index contributed by atoms with van der Waals surface area (Å²) in [6, 6.07) is 6.98. The quantitative estimate of drug-likeness (QED) is 0.494. The number of pyridine rings is 1. The standard InChI is InChI=1S/C18H15Cl2F2N3O2/c1-3-4-9-25(2)18(26)23-11-5-7-12(8-6-11)27-14-10-13(17(21)22)15(19)16(20)24-14/h1,5-8,10,17H,4,9H2,2H3,(H,23,26). The Kier molecular flexibility index (Phi) is 7.22. The van der Waals surface area contributed by atoms with Crippen LogP contribution >= 0.6 is 23.2 Å². The van der Waals surface area contributed by atoms with Gasteiger partial charge in [-0.3, -0.25) is 0 Å². The Bertz CT molecular complexity index is 855. The lowest BCUT2D eigenvalue weighted by atomic mass is 10.2. The van der Waals surface area contributed by atoms with Gasteiger partial charge < -0.3 is 15.0 Å². The second-order valence-electron chi connectivity index (χ2n) is 5.39. The molecular formula is C18H15Cl2F2N3O2. The van der Waals surface area contributed by atoms with E-state index in [4.69, 9.17) is 34.4 Å². The molecule has 1 N–H and O–H groups in total. The summed E-state index contributed by atoms with van der Waals surface area (Å²) in [6.45, 7) is 0.430. The van der Waals surface area contributed by atoms with Crippen molar-refractivity contribution in [3.63, 3.8) is 0 Å². The fraction of sp³-hybridized carbons (Fsp3) is 0.222. The molecule has 2 amide bonds. The summed E-state index contributed by atoms with van der Waals surface area (Å²) in [7, 11) is 1.63. The van der Waals surface area contributed by atoms with Crippen LogP contribution in [0.15, 0.2) is 30.3 Å². The highest BCUT2D eigenvalue weighted by Crippen LogP contribution is 2.35. The van der Waals surface area contributed by atoms with Crippen LogP contribution in [0.25, 0.3) is 0 Å². The number of rotatable bonds is 6. The number of terminal acetylenes is 1. The summed E-state index contributed by atoms with van der Waals surface area (Å²) < 4.78 is 31.4. The largest absolute Gasteiger partial charge is 0.439 e. The number of ether oxygens (including phenoxy) is 1. The van der Waals surface area contributed by atoms with E-state index in [1.807, 2.05) is 0 Å². The number of hydrogen-bond acceptors (Lipinski definition) is 3. The van der Waals surface area contributed by atoms with Gasteiger partial charge in [0.1, 0.15) is 5.75 Å². The molecule has 0 saturated heterocycles. The number of urea groups is 1. The molecule has 27 heavy (non-hydrogen) atoms. The number of carbonyl (C=O) groups excluding carboxylic acids is 1. The number of nitrogens with zero attached hydrogens (tertiary/aromatic N) is 2. The molecule has 0 radical (unpaired) electrons. The minimum atomic E-state index is -2.82. The van der Waals surface area contributed by atoms with Crippen molar-refractivity contribution in [1.82, 2.24) is 9.88 Å². The Balaban J connectivity index is 2.06. The van der Waals surface area contributed by atoms with Crippen molar-refractivity contribution in [3.8, 4) is 24.0 Å². The van der Waals surface area contributed by atoms with Crippen LogP contribution < -0.4 is 10.1 Å². The summed E-state index contributed by atoms with van der Waals surface area (Å²) >= 11 is 11.5. The molecule has 142 valence electrons. The van der Waals surface area contributed by atoms with Crippen LogP contribution in [0.3, 0.4) is 0 Å². The first-order chi connectivity index (χ1) is 12.8. The van der Waals surface area contributed by atoms with E-state index in [1.54, 1.807) is 31.3 Å². The van der Waals surface area contributed by atoms with Gasteiger partial charge in [-0.1, -0.05) is 23.2 Å². The highest BCUT2D eigenvalue weighted by Gasteiger charge is 2.18. The smallest absolute Gasteiger partial charge is 0.321 e. The molecule has 0 aliphatic carbocycles. The van der Waals surface area contributed by atoms with E-state index in [-0.39, 0.29) is 22.1 Å². The minimum absolute atomic E-state index is 0.120. The molecule has 2 aromatic rings. The zero-order chi connectivity index (χ0) is 20.0. The third kappa shape index (κ3) is 5.71. The number of halogens is 4. The number of hydrogen-bond donors (Lipinski definition) is 1. The number of alkyl halides is 2. The van der Waals surface area contributed by atoms with Crippen LogP contribution in [0.5, 0.6) is 11.6 Å². The summed E-state index contributed by atoms with van der Waals surface area (Å²) in [6.07, 6.45) is 2.81. The Morgan fingerprint density at radius 2 is 2.04 bits per heavy atom. The van der Waals surface area contributed by atoms with Crippen LogP contribution in [0, 0.1) is 12.3 Å². The molecule has 5 nitrogen and oxygen atoms in total. The molecule has 2 rings (SSSR count). The number of amides is 2. The van der Waals surface area contributed by atoms with E-state index in [1.165, 1.54) is 4.90 Å². The molecule has 0 aliphatic heterocycles. The zero-order valence-corrected chi connectivity index (χ0v) is 15.7. The lowest BCUT2D eigenvalue weighted by Crippen LogP contribution is -2.31. The molecule has 1 heterocycles. The number of anilines is 1. The molecule has 0 spiro atoms. The Hall–Kier alpha value is -2.56. The Morgan fingerprint density at radius 1 is 1.37 bits per heavy atom. The first-order valence-corrected chi connectivity index (χ1v) is 8.45. The van der Waals surface area contributed by atoms with Gasteiger partial charge in [-0.2, -0.15) is 4.98 Å². The van der Waals surface area contributed by atoms with E-state index in [9.17, 15) is 13.6 Å². The Morgan fingerprint density at radius 3 is 2.63 bits per heavy atom. The third-order valence-electron chi connectivity index (χ3n) is 3.42. The fourth-order valence-electron chi connectivity index (χ4n) is 1.98. The highest BCUT2D eigenvalue weighted by atomic mass is 35.5. The van der Waals surface area contributed by atoms with Crippen LogP contribution in [0.4, 0.5) is 19.3 Å². The molecule has 0 bridgehead atoms. The molecule has 1 aromatic carbocycles. The van der Waals surface area contributed by atoms with Crippen LogP contribution in [0.1, 0.15) is 18.4 Å². The normalized spacial score (nSPS) is 10.4. The van der Waals surface area contributed by atoms with E-state index < -0.39 is 12.0 Å². The minimum Gasteiger partial charge on any atom is -0.439 e. The number of benzene rings is 1. The van der Waals surface area contributed by atoms with E-state index in [0.29, 0.717) is 24.4 Å². The van der Waals surface area contributed by atoms with Crippen molar-refractivity contribution in [2.45, 2.75) is 12.8 Å². The molecule has 0 atom stereocenters. The lowest BCUT2D eigenvalue weighted by Gasteiger charge is -2.16. The van der Waals surface area contributed by atoms with Gasteiger partial charge in [0.25, 0.3) is 6.43 Å². The maximum Gasteiger partial charge on any atom is 0.321 e. The second-order valence-corrected chi connectivity index (χ2v) is 6.12. The summed E-state index contributed by atoms with van der Waals surface area (Å²) in [5, 5.41) is 2.10. The topological polar surface area (TPSA) is 54.5 Å². The fourth-order valence-corrected chi connectivity index (χ4v) is 2.36. The molecular weight excluding hydrogens is 399 g/mol. The van der Waals surface area contributed by atoms with E-state index in [2.05, 4.69) is 16.2 Å². The zero-order valence-electron chi connectivity index (χ0n) is 14.2. The van der Waals surface area contributed by atoms with Crippen LogP contribution in [0.2, 0.25) is 10.2 Å². The van der Waals surface area contributed by atoms with Gasteiger partial charge in [0.2, 0.25) is 5.88 Å². The summed E-state index contributed by atoms with van der Waals surface area (Å²) in [4.78, 5) is 17.2. The van der Waals surface area contributed by atoms with Crippen molar-refractivity contribution >= 4 is 34.9 Å². The number of carbonyl (C=O) groups is 1. The lowest BCUT2D eigenvalue weighted by molar-refractivity contribution is 0.151. The highest BCUT2D eigenvalue weighted by molar-refractivity contribution is 6.41. The molecule has 0 aliphatic rings. The van der Waals surface area contributed by atoms with Crippen molar-refractivity contribution in [2.75, 3.05) is 18.9 Å². The summed E-state index contributed by atoms with van der Waals surface area (Å²) in [5.74, 6) is 2.66. The van der Waals surface area contributed by atoms with Crippen molar-refractivity contribution in [3.05, 3.63) is 46.1 Å². The van der Waals surface area contributed by atoms with Gasteiger partial charge in [-0.05, 0) is 24.3 Å². The average molecular weight is 414 g/mol. The molecule has 0 saturated carbocycles. The average Bonchev–Trinajstić information content (AvgIpc) is 2.63. The van der Waals surface area contributed by atoms with Crippen molar-refractivity contribution in [1.29, 1.82) is 0 Å². The van der Waals surface area contributed by atoms with Gasteiger partial charge in [-0.15, -0.1) is 12.3 Å².